The highest BCUT2D eigenvalue weighted by Crippen LogP contribution is 2.36. The molecular weight excluding hydrogens is 489 g/mol. The third kappa shape index (κ3) is 5.84. The molecule has 0 aliphatic carbocycles. The summed E-state index contributed by atoms with van der Waals surface area (Å²) in [5, 5.41) is 15.2. The minimum absolute atomic E-state index is 0.0493. The topological polar surface area (TPSA) is 93.6 Å². The summed E-state index contributed by atoms with van der Waals surface area (Å²) in [7, 11) is 1.55. The van der Waals surface area contributed by atoms with Crippen LogP contribution < -0.4 is 10.1 Å². The van der Waals surface area contributed by atoms with Crippen molar-refractivity contribution in [3.05, 3.63) is 64.2 Å². The molecule has 0 saturated heterocycles. The first-order valence-electron chi connectivity index (χ1n) is 11.0. The molecule has 4 rings (SSSR count). The number of rotatable bonds is 11. The number of nitrogens with zero attached hydrogens (tertiary/aromatic N) is 2. The zero-order chi connectivity index (χ0) is 24.8. The Labute approximate surface area is 210 Å². The van der Waals surface area contributed by atoms with Crippen molar-refractivity contribution >= 4 is 39.6 Å². The molecule has 35 heavy (non-hydrogen) atoms. The lowest BCUT2D eigenvalue weighted by Gasteiger charge is -2.08. The molecule has 0 atom stereocenters. The van der Waals surface area contributed by atoms with Gasteiger partial charge >= 0.3 is 5.97 Å². The number of hydrogen-bond acceptors (Lipinski definition) is 8. The number of carboxylic acids is 1. The van der Waals surface area contributed by atoms with Crippen LogP contribution in [0.2, 0.25) is 0 Å². The molecule has 182 valence electrons. The summed E-state index contributed by atoms with van der Waals surface area (Å²) in [5.74, 6) is -1.22. The lowest BCUT2D eigenvalue weighted by molar-refractivity contribution is 0.0697. The number of carbonyl (C=O) groups is 1. The number of benzene rings is 1. The van der Waals surface area contributed by atoms with Crippen molar-refractivity contribution in [3.63, 3.8) is 0 Å². The number of aromatic carboxylic acids is 1. The summed E-state index contributed by atoms with van der Waals surface area (Å²) in [4.78, 5) is 22.9. The summed E-state index contributed by atoms with van der Waals surface area (Å²) in [5.41, 5.74) is 2.05. The number of aryl methyl sites for hydroxylation is 1. The Morgan fingerprint density at radius 2 is 2.06 bits per heavy atom. The molecule has 0 saturated carbocycles. The maximum atomic E-state index is 14.7. The Hall–Kier alpha value is -3.34. The highest BCUT2D eigenvalue weighted by atomic mass is 32.1. The fourth-order valence-electron chi connectivity index (χ4n) is 3.43. The van der Waals surface area contributed by atoms with E-state index < -0.39 is 11.8 Å². The predicted molar refractivity (Wildman–Crippen MR) is 137 cm³/mol. The number of methoxy groups -OCH3 is 1. The first kappa shape index (κ1) is 24.8. The number of hydrogen-bond donors (Lipinski definition) is 2. The molecule has 0 aliphatic rings. The van der Waals surface area contributed by atoms with E-state index in [1.807, 2.05) is 17.5 Å². The number of halogens is 1. The molecule has 0 aliphatic heterocycles. The van der Waals surface area contributed by atoms with Gasteiger partial charge in [-0.25, -0.2) is 19.2 Å². The smallest absolute Gasteiger partial charge is 0.339 e. The van der Waals surface area contributed by atoms with Gasteiger partial charge in [0.1, 0.15) is 18.0 Å². The lowest BCUT2D eigenvalue weighted by atomic mass is 10.1. The third-order valence-electron chi connectivity index (χ3n) is 5.07. The zero-order valence-electron chi connectivity index (χ0n) is 19.2. The highest BCUT2D eigenvalue weighted by molar-refractivity contribution is 7.16. The minimum Gasteiger partial charge on any atom is -0.488 e. The maximum Gasteiger partial charge on any atom is 0.339 e. The third-order valence-corrected chi connectivity index (χ3v) is 7.02. The second-order valence-corrected chi connectivity index (χ2v) is 9.59. The normalized spacial score (nSPS) is 10.9. The average molecular weight is 514 g/mol. The monoisotopic (exact) mass is 513 g/mol. The summed E-state index contributed by atoms with van der Waals surface area (Å²) in [6.45, 7) is 2.67. The van der Waals surface area contributed by atoms with E-state index in [9.17, 15) is 14.3 Å². The second-order valence-electron chi connectivity index (χ2n) is 7.55. The van der Waals surface area contributed by atoms with Crippen LogP contribution in [0.4, 0.5) is 15.3 Å². The maximum absolute atomic E-state index is 14.7. The summed E-state index contributed by atoms with van der Waals surface area (Å²) in [6, 6.07) is 10.2. The van der Waals surface area contributed by atoms with Crippen LogP contribution in [-0.4, -0.2) is 41.4 Å². The van der Waals surface area contributed by atoms with Crippen molar-refractivity contribution in [2.24, 2.45) is 0 Å². The van der Waals surface area contributed by atoms with Crippen LogP contribution in [-0.2, 0) is 11.2 Å². The van der Waals surface area contributed by atoms with Gasteiger partial charge in [-0.1, -0.05) is 19.4 Å². The van der Waals surface area contributed by atoms with Gasteiger partial charge in [-0.05, 0) is 42.1 Å². The molecule has 0 amide bonds. The van der Waals surface area contributed by atoms with Crippen molar-refractivity contribution in [2.75, 3.05) is 25.6 Å². The van der Waals surface area contributed by atoms with Crippen LogP contribution in [0, 0.1) is 5.82 Å². The second kappa shape index (κ2) is 11.4. The number of thiazole rings is 1. The van der Waals surface area contributed by atoms with Gasteiger partial charge in [0.05, 0.1) is 12.3 Å². The molecule has 1 aromatic carbocycles. The molecule has 3 heterocycles. The quantitative estimate of drug-likeness (QED) is 0.221. The first-order valence-corrected chi connectivity index (χ1v) is 12.6. The Balaban J connectivity index is 1.63. The molecule has 4 aromatic rings. The molecule has 10 heteroatoms. The van der Waals surface area contributed by atoms with Crippen molar-refractivity contribution in [3.8, 4) is 27.4 Å². The Bertz CT molecular complexity index is 1310. The largest absolute Gasteiger partial charge is 0.488 e. The Morgan fingerprint density at radius 3 is 2.74 bits per heavy atom. The van der Waals surface area contributed by atoms with Crippen molar-refractivity contribution < 1.29 is 23.8 Å². The number of thiophene rings is 1. The standard InChI is InChI=1S/C25H24FN3O4S2/c1-3-5-21-22(15-7-8-19(18(26)13-15)33-10-9-32-2)28-25(35-21)29-23-17(24(30)31)12-16(14-27-23)20-6-4-11-34-20/h4,6-8,11-14H,3,5,9-10H2,1-2H3,(H,30,31)(H,27,28,29). The van der Waals surface area contributed by atoms with Crippen LogP contribution in [0.3, 0.4) is 0 Å². The molecule has 7 nitrogen and oxygen atoms in total. The molecular formula is C25H24FN3O4S2. The highest BCUT2D eigenvalue weighted by Gasteiger charge is 2.19. The number of pyridine rings is 1. The van der Waals surface area contributed by atoms with Crippen molar-refractivity contribution in [1.29, 1.82) is 0 Å². The summed E-state index contributed by atoms with van der Waals surface area (Å²) >= 11 is 2.91. The zero-order valence-corrected chi connectivity index (χ0v) is 20.8. The molecule has 3 aromatic heterocycles. The number of aromatic nitrogens is 2. The van der Waals surface area contributed by atoms with Gasteiger partial charge in [-0.15, -0.1) is 22.7 Å². The number of carboxylic acid groups (broad SMARTS) is 1. The van der Waals surface area contributed by atoms with Crippen LogP contribution >= 0.6 is 22.7 Å². The van der Waals surface area contributed by atoms with E-state index >= 15 is 0 Å². The molecule has 0 spiro atoms. The fraction of sp³-hybridized carbons (Fsp3) is 0.240. The number of anilines is 2. The number of ether oxygens (including phenoxy) is 2. The number of nitrogens with one attached hydrogen (secondary N) is 1. The van der Waals surface area contributed by atoms with E-state index in [1.54, 1.807) is 31.5 Å². The van der Waals surface area contributed by atoms with E-state index in [-0.39, 0.29) is 23.7 Å². The fourth-order valence-corrected chi connectivity index (χ4v) is 5.23. The molecule has 2 N–H and O–H groups in total. The van der Waals surface area contributed by atoms with E-state index in [0.717, 1.165) is 28.2 Å². The lowest BCUT2D eigenvalue weighted by Crippen LogP contribution is -2.05. The van der Waals surface area contributed by atoms with Gasteiger partial charge in [0.2, 0.25) is 0 Å². The minimum atomic E-state index is -1.09. The average Bonchev–Trinajstić information content (AvgIpc) is 3.51. The Kier molecular flexibility index (Phi) is 8.06. The molecule has 0 unspecified atom stereocenters. The van der Waals surface area contributed by atoms with Crippen LogP contribution in [0.5, 0.6) is 5.75 Å². The van der Waals surface area contributed by atoms with Gasteiger partial charge in [0.25, 0.3) is 0 Å². The molecule has 0 fully saturated rings. The van der Waals surface area contributed by atoms with Gasteiger partial charge in [-0.3, -0.25) is 0 Å². The van der Waals surface area contributed by atoms with Crippen LogP contribution in [0.25, 0.3) is 21.7 Å². The van der Waals surface area contributed by atoms with Crippen molar-refractivity contribution in [1.82, 2.24) is 9.97 Å². The first-order chi connectivity index (χ1) is 17.0. The SMILES string of the molecule is CCCc1sc(Nc2ncc(-c3cccs3)cc2C(=O)O)nc1-c1ccc(OCCOC)c(F)c1. The van der Waals surface area contributed by atoms with Gasteiger partial charge < -0.3 is 19.9 Å². The molecule has 0 bridgehead atoms. The van der Waals surface area contributed by atoms with Crippen LogP contribution in [0.1, 0.15) is 28.6 Å². The van der Waals surface area contributed by atoms with Gasteiger partial charge in [0.15, 0.2) is 16.7 Å². The van der Waals surface area contributed by atoms with Crippen molar-refractivity contribution in [2.45, 2.75) is 19.8 Å². The van der Waals surface area contributed by atoms with E-state index in [4.69, 9.17) is 9.47 Å². The van der Waals surface area contributed by atoms with Crippen LogP contribution in [0.15, 0.2) is 48.0 Å². The van der Waals surface area contributed by atoms with E-state index in [0.29, 0.717) is 23.0 Å². The van der Waals surface area contributed by atoms with Gasteiger partial charge in [0, 0.05) is 34.2 Å². The predicted octanol–water partition coefficient (Wildman–Crippen LogP) is 6.49. The Morgan fingerprint density at radius 1 is 1.20 bits per heavy atom. The molecule has 0 radical (unpaired) electrons. The van der Waals surface area contributed by atoms with E-state index in [1.165, 1.54) is 28.7 Å². The summed E-state index contributed by atoms with van der Waals surface area (Å²) < 4.78 is 25.0. The van der Waals surface area contributed by atoms with E-state index in [2.05, 4.69) is 22.2 Å². The van der Waals surface area contributed by atoms with Gasteiger partial charge in [-0.2, -0.15) is 0 Å². The summed E-state index contributed by atoms with van der Waals surface area (Å²) in [6.07, 6.45) is 3.27.